The van der Waals surface area contributed by atoms with Crippen LogP contribution in [0.2, 0.25) is 20.1 Å². The van der Waals surface area contributed by atoms with Gasteiger partial charge in [0.2, 0.25) is 11.8 Å². The third-order valence-corrected chi connectivity index (χ3v) is 19.0. The number of amides is 2. The first-order valence-electron chi connectivity index (χ1n) is 30.1. The molecule has 18 nitrogen and oxygen atoms in total. The van der Waals surface area contributed by atoms with Gasteiger partial charge >= 0.3 is 0 Å². The van der Waals surface area contributed by atoms with Gasteiger partial charge in [-0.05, 0) is 73.5 Å². The van der Waals surface area contributed by atoms with Gasteiger partial charge < -0.3 is 49.3 Å². The van der Waals surface area contributed by atoms with Gasteiger partial charge in [0.15, 0.2) is 0 Å². The van der Waals surface area contributed by atoms with Crippen molar-refractivity contribution in [2.24, 2.45) is 0 Å². The van der Waals surface area contributed by atoms with Crippen molar-refractivity contribution in [3.8, 4) is 11.5 Å². The van der Waals surface area contributed by atoms with Crippen molar-refractivity contribution in [1.82, 2.24) is 40.2 Å². The van der Waals surface area contributed by atoms with Gasteiger partial charge in [0.05, 0.1) is 37.7 Å². The number of hydrogen-bond donors (Lipinski definition) is 4. The molecule has 2 amide bonds. The lowest BCUT2D eigenvalue weighted by atomic mass is 9.91. The van der Waals surface area contributed by atoms with Crippen LogP contribution in [0, 0.1) is 0 Å². The summed E-state index contributed by atoms with van der Waals surface area (Å²) >= 11 is 25.4. The second-order valence-electron chi connectivity index (χ2n) is 25.7. The second-order valence-corrected chi connectivity index (χ2v) is 27.4. The summed E-state index contributed by atoms with van der Waals surface area (Å²) in [6, 6.07) is 22.6. The van der Waals surface area contributed by atoms with Gasteiger partial charge in [-0.25, -0.2) is 0 Å². The number of piperazine rings is 2. The molecule has 3 aromatic carbocycles. The van der Waals surface area contributed by atoms with Crippen LogP contribution >= 0.6 is 46.4 Å². The molecule has 6 aliphatic heterocycles. The topological polar surface area (TPSA) is 180 Å². The van der Waals surface area contributed by atoms with Gasteiger partial charge in [-0.15, -0.1) is 0 Å². The van der Waals surface area contributed by atoms with Crippen LogP contribution in [0.15, 0.2) is 82.4 Å². The highest BCUT2D eigenvalue weighted by Crippen LogP contribution is 2.41. The quantitative estimate of drug-likeness (QED) is 0.0705. The zero-order valence-electron chi connectivity index (χ0n) is 50.0. The van der Waals surface area contributed by atoms with Crippen LogP contribution in [-0.2, 0) is 42.7 Å². The van der Waals surface area contributed by atoms with Crippen molar-refractivity contribution in [1.29, 1.82) is 0 Å². The number of carbonyl (C=O) groups is 2. The Kier molecular flexibility index (Phi) is 19.3. The standard InChI is InChI=1S/C64H80Cl4N10O8/c1-39-27-75(33-57(79)77-37-63(3,4)59-55(77)20-43(61(81)71-59)18-41-10-12-45(65)22-53(41)67)47(25-69-39)29-73-14-16-83-51(31-73)35-85-49-8-7-9-50(24-49)86-36-52-32-74(15-17-84-52)30-48-26-70-40(2)28-76(48)34-58(80)78-38-64(5,6)60-56(78)21-44(62(82)72-60)19-42-11-13-46(66)23-54(42)68/h7-13,20-24,39-40,47-48,51-52,69-70H,14-19,25-38H2,1-6H3,(H,71,81)(H,72,82)/t39-,40-,47-,48-,51+,52+/m1/s1. The SMILES string of the molecule is C[C@@H]1CN(CC(=O)N2CC(C)(C)c3[nH]c(=O)c(Cc4ccc(Cl)cc4Cl)cc32)[C@@H](CN2CCO[C@H](COc3cccc(OC[C@@H]4CN(C[C@H]5CN[C@H](C)CN5CC(=O)N5CC(C)(C)c6[nH]c(=O)c(Cc7ccc(Cl)cc7Cl)cc65)CCO4)c3)C2)CN1. The van der Waals surface area contributed by atoms with E-state index < -0.39 is 10.8 Å². The smallest absolute Gasteiger partial charge is 0.251 e. The normalized spacial score (nSPS) is 24.4. The van der Waals surface area contributed by atoms with Crippen LogP contribution in [0.3, 0.4) is 0 Å². The Balaban J connectivity index is 0.654. The van der Waals surface area contributed by atoms with Crippen molar-refractivity contribution < 1.29 is 28.5 Å². The van der Waals surface area contributed by atoms with Gasteiger partial charge in [-0.1, -0.05) is 92.3 Å². The number of hydrogen-bond acceptors (Lipinski definition) is 14. The van der Waals surface area contributed by atoms with Crippen LogP contribution in [0.1, 0.15) is 75.2 Å². The average Bonchev–Trinajstić information content (AvgIpc) is 1.81. The van der Waals surface area contributed by atoms with Crippen molar-refractivity contribution in [3.63, 3.8) is 0 Å². The molecule has 0 spiro atoms. The van der Waals surface area contributed by atoms with Gasteiger partial charge in [0, 0.05) is 175 Å². The summed E-state index contributed by atoms with van der Waals surface area (Å²) in [7, 11) is 0. The van der Waals surface area contributed by atoms with Gasteiger partial charge in [0.1, 0.15) is 36.9 Å². The Morgan fingerprint density at radius 2 is 1.01 bits per heavy atom. The van der Waals surface area contributed by atoms with E-state index >= 15 is 0 Å². The summed E-state index contributed by atoms with van der Waals surface area (Å²) in [5.74, 6) is 1.37. The minimum atomic E-state index is -0.440. The Morgan fingerprint density at radius 1 is 0.581 bits per heavy atom. The van der Waals surface area contributed by atoms with Crippen LogP contribution in [0.4, 0.5) is 11.4 Å². The van der Waals surface area contributed by atoms with E-state index in [0.29, 0.717) is 108 Å². The molecular formula is C64H80Cl4N10O8. The minimum absolute atomic E-state index is 0.00271. The Morgan fingerprint density at radius 3 is 1.43 bits per heavy atom. The fourth-order valence-electron chi connectivity index (χ4n) is 13.2. The zero-order chi connectivity index (χ0) is 60.6. The molecule has 86 heavy (non-hydrogen) atoms. The Labute approximate surface area is 523 Å². The van der Waals surface area contributed by atoms with Gasteiger partial charge in [-0.3, -0.25) is 38.8 Å². The van der Waals surface area contributed by atoms with Crippen LogP contribution in [0.25, 0.3) is 0 Å². The molecular weight excluding hydrogens is 1180 g/mol. The van der Waals surface area contributed by atoms with E-state index in [9.17, 15) is 19.2 Å². The molecule has 5 aromatic rings. The molecule has 0 unspecified atom stereocenters. The predicted octanol–water partition coefficient (Wildman–Crippen LogP) is 6.99. The van der Waals surface area contributed by atoms with Crippen molar-refractivity contribution in [2.75, 3.05) is 128 Å². The molecule has 462 valence electrons. The number of aromatic nitrogens is 2. The third kappa shape index (κ3) is 14.6. The molecule has 2 aromatic heterocycles. The van der Waals surface area contributed by atoms with E-state index in [0.717, 1.165) is 86.2 Å². The zero-order valence-corrected chi connectivity index (χ0v) is 53.0. The third-order valence-electron chi connectivity index (χ3n) is 17.8. The number of halogens is 4. The lowest BCUT2D eigenvalue weighted by Crippen LogP contribution is -2.61. The van der Waals surface area contributed by atoms with E-state index in [2.05, 4.69) is 81.7 Å². The maximum Gasteiger partial charge on any atom is 0.251 e. The molecule has 6 atom stereocenters. The fraction of sp³-hybridized carbons (Fsp3) is 0.531. The maximum atomic E-state index is 14.5. The number of pyridine rings is 2. The monoisotopic (exact) mass is 1260 g/mol. The number of ether oxygens (including phenoxy) is 4. The van der Waals surface area contributed by atoms with Gasteiger partial charge in [-0.2, -0.15) is 0 Å². The number of fused-ring (bicyclic) bond motifs is 2. The lowest BCUT2D eigenvalue weighted by molar-refractivity contribution is -0.121. The highest BCUT2D eigenvalue weighted by Gasteiger charge is 2.43. The van der Waals surface area contributed by atoms with E-state index in [1.54, 1.807) is 24.3 Å². The Hall–Kier alpha value is -5.06. The molecule has 22 heteroatoms. The average molecular weight is 1260 g/mol. The molecule has 11 rings (SSSR count). The first-order chi connectivity index (χ1) is 41.1. The van der Waals surface area contributed by atoms with Crippen molar-refractivity contribution in [2.45, 2.75) is 102 Å². The van der Waals surface area contributed by atoms with Crippen molar-refractivity contribution in [3.05, 3.63) is 147 Å². The molecule has 4 saturated heterocycles. The first kappa shape index (κ1) is 62.5. The number of morpholine rings is 2. The molecule has 0 aliphatic carbocycles. The molecule has 0 saturated carbocycles. The summed E-state index contributed by atoms with van der Waals surface area (Å²) in [4.78, 5) is 75.2. The number of nitrogens with zero attached hydrogens (tertiary/aromatic N) is 6. The fourth-order valence-corrected chi connectivity index (χ4v) is 14.1. The molecule has 8 heterocycles. The second kappa shape index (κ2) is 26.6. The summed E-state index contributed by atoms with van der Waals surface area (Å²) in [6.45, 7) is 23.2. The van der Waals surface area contributed by atoms with E-state index in [4.69, 9.17) is 65.4 Å². The van der Waals surface area contributed by atoms with E-state index in [-0.39, 0.29) is 72.4 Å². The van der Waals surface area contributed by atoms with Crippen LogP contribution in [-0.4, -0.2) is 196 Å². The van der Waals surface area contributed by atoms with E-state index in [1.165, 1.54) is 0 Å². The lowest BCUT2D eigenvalue weighted by Gasteiger charge is -2.43. The summed E-state index contributed by atoms with van der Waals surface area (Å²) in [6.07, 6.45) is 0.308. The van der Waals surface area contributed by atoms with Crippen molar-refractivity contribution >= 4 is 69.6 Å². The first-order valence-corrected chi connectivity index (χ1v) is 31.6. The molecule has 4 N–H and O–H groups in total. The van der Waals surface area contributed by atoms with Crippen LogP contribution < -0.4 is 41.0 Å². The van der Waals surface area contributed by atoms with Crippen LogP contribution in [0.5, 0.6) is 11.5 Å². The highest BCUT2D eigenvalue weighted by atomic mass is 35.5. The molecule has 4 fully saturated rings. The largest absolute Gasteiger partial charge is 0.491 e. The molecule has 6 aliphatic rings. The molecule has 0 radical (unpaired) electrons. The number of rotatable bonds is 18. The summed E-state index contributed by atoms with van der Waals surface area (Å²) < 4.78 is 25.2. The maximum absolute atomic E-state index is 14.5. The number of benzene rings is 3. The van der Waals surface area contributed by atoms with Gasteiger partial charge in [0.25, 0.3) is 11.1 Å². The number of nitrogens with one attached hydrogen (secondary N) is 4. The van der Waals surface area contributed by atoms with E-state index in [1.807, 2.05) is 58.3 Å². The number of anilines is 2. The minimum Gasteiger partial charge on any atom is -0.491 e. The summed E-state index contributed by atoms with van der Waals surface area (Å²) in [5.41, 5.74) is 4.39. The Bertz CT molecular complexity index is 3200. The predicted molar refractivity (Wildman–Crippen MR) is 339 cm³/mol. The summed E-state index contributed by atoms with van der Waals surface area (Å²) in [5, 5.41) is 9.33. The number of carbonyl (C=O) groups excluding carboxylic acids is 2. The number of aromatic amines is 2. The number of H-pyrrole nitrogens is 2. The highest BCUT2D eigenvalue weighted by molar-refractivity contribution is 6.35. The molecule has 0 bridgehead atoms.